The van der Waals surface area contributed by atoms with E-state index in [1.165, 1.54) is 31.4 Å². The van der Waals surface area contributed by atoms with Gasteiger partial charge in [-0.15, -0.1) is 0 Å². The second kappa shape index (κ2) is 9.71. The van der Waals surface area contributed by atoms with E-state index in [2.05, 4.69) is 9.64 Å². The van der Waals surface area contributed by atoms with E-state index in [-0.39, 0.29) is 17.3 Å². The topological polar surface area (TPSA) is 48.0 Å². The number of carbonyl (C=O) groups excluding carboxylic acids is 1. The fraction of sp³-hybridized carbons (Fsp3) is 0.286. The van der Waals surface area contributed by atoms with Crippen molar-refractivity contribution in [2.45, 2.75) is 6.61 Å². The Balaban J connectivity index is 1.75. The van der Waals surface area contributed by atoms with Crippen LogP contribution in [0.2, 0.25) is 5.02 Å². The second-order valence-corrected chi connectivity index (χ2v) is 6.66. The molecule has 8 heteroatoms. The number of morpholine rings is 1. The van der Waals surface area contributed by atoms with Gasteiger partial charge in [0, 0.05) is 24.3 Å². The molecule has 0 amide bonds. The van der Waals surface area contributed by atoms with Crippen molar-refractivity contribution in [1.29, 1.82) is 0 Å². The van der Waals surface area contributed by atoms with E-state index >= 15 is 0 Å². The van der Waals surface area contributed by atoms with Gasteiger partial charge in [0.05, 0.1) is 25.3 Å². The number of carbonyl (C=O) groups is 1. The number of benzene rings is 2. The molecule has 154 valence electrons. The summed E-state index contributed by atoms with van der Waals surface area (Å²) in [5.74, 6) is -0.226. The maximum atomic E-state index is 12.5. The van der Waals surface area contributed by atoms with Crippen molar-refractivity contribution in [2.75, 3.05) is 38.3 Å². The third-order valence-corrected chi connectivity index (χ3v) is 4.74. The number of hydrogen-bond acceptors (Lipinski definition) is 5. The quantitative estimate of drug-likeness (QED) is 0.478. The SMILES string of the molecule is COc1ccc(C=CC(=O)c2ccc(N3CCOCC3)cc2Cl)cc1OC(F)F. The summed E-state index contributed by atoms with van der Waals surface area (Å²) < 4.78 is 39.9. The van der Waals surface area contributed by atoms with E-state index in [4.69, 9.17) is 21.1 Å². The average molecular weight is 424 g/mol. The Morgan fingerprint density at radius 3 is 2.59 bits per heavy atom. The second-order valence-electron chi connectivity index (χ2n) is 6.25. The summed E-state index contributed by atoms with van der Waals surface area (Å²) in [5.41, 5.74) is 1.80. The number of nitrogens with zero attached hydrogens (tertiary/aromatic N) is 1. The molecule has 1 aliphatic heterocycles. The van der Waals surface area contributed by atoms with E-state index in [0.29, 0.717) is 29.4 Å². The maximum Gasteiger partial charge on any atom is 0.387 e. The minimum Gasteiger partial charge on any atom is -0.493 e. The van der Waals surface area contributed by atoms with Gasteiger partial charge in [0.25, 0.3) is 0 Å². The van der Waals surface area contributed by atoms with E-state index in [0.717, 1.165) is 18.8 Å². The molecule has 2 aromatic carbocycles. The van der Waals surface area contributed by atoms with Crippen LogP contribution in [0.1, 0.15) is 15.9 Å². The monoisotopic (exact) mass is 423 g/mol. The number of rotatable bonds is 7. The minimum atomic E-state index is -2.98. The highest BCUT2D eigenvalue weighted by Crippen LogP contribution is 2.30. The average Bonchev–Trinajstić information content (AvgIpc) is 2.72. The number of ether oxygens (including phenoxy) is 3. The number of halogens is 3. The minimum absolute atomic E-state index is 0.106. The lowest BCUT2D eigenvalue weighted by molar-refractivity contribution is -0.0512. The van der Waals surface area contributed by atoms with Crippen LogP contribution in [0.5, 0.6) is 11.5 Å². The fourth-order valence-corrected chi connectivity index (χ4v) is 3.24. The molecule has 0 saturated carbocycles. The van der Waals surface area contributed by atoms with Crippen molar-refractivity contribution in [3.63, 3.8) is 0 Å². The number of anilines is 1. The fourth-order valence-electron chi connectivity index (χ4n) is 2.97. The molecule has 5 nitrogen and oxygen atoms in total. The molecule has 0 aromatic heterocycles. The Kier molecular flexibility index (Phi) is 7.06. The molecular formula is C21H20ClF2NO4. The maximum absolute atomic E-state index is 12.5. The van der Waals surface area contributed by atoms with Crippen LogP contribution in [-0.4, -0.2) is 45.8 Å². The lowest BCUT2D eigenvalue weighted by atomic mass is 10.1. The molecule has 0 atom stereocenters. The van der Waals surface area contributed by atoms with Gasteiger partial charge in [-0.2, -0.15) is 8.78 Å². The largest absolute Gasteiger partial charge is 0.493 e. The molecule has 1 fully saturated rings. The predicted octanol–water partition coefficient (Wildman–Crippen LogP) is 4.68. The van der Waals surface area contributed by atoms with Crippen molar-refractivity contribution in [2.24, 2.45) is 0 Å². The summed E-state index contributed by atoms with van der Waals surface area (Å²) in [6.07, 6.45) is 2.84. The number of ketones is 1. The molecule has 0 N–H and O–H groups in total. The van der Waals surface area contributed by atoms with Crippen molar-refractivity contribution in [3.05, 3.63) is 58.6 Å². The Labute approximate surface area is 172 Å². The third-order valence-electron chi connectivity index (χ3n) is 4.43. The summed E-state index contributed by atoms with van der Waals surface area (Å²) in [4.78, 5) is 14.7. The summed E-state index contributed by atoms with van der Waals surface area (Å²) in [7, 11) is 1.36. The molecule has 2 aromatic rings. The van der Waals surface area contributed by atoms with Gasteiger partial charge in [-0.25, -0.2) is 0 Å². The third kappa shape index (κ3) is 5.46. The molecule has 0 unspecified atom stereocenters. The van der Waals surface area contributed by atoms with Gasteiger partial charge in [0.15, 0.2) is 17.3 Å². The van der Waals surface area contributed by atoms with Crippen molar-refractivity contribution >= 4 is 29.1 Å². The van der Waals surface area contributed by atoms with Gasteiger partial charge < -0.3 is 19.1 Å². The van der Waals surface area contributed by atoms with Crippen molar-refractivity contribution < 1.29 is 27.8 Å². The normalized spacial score (nSPS) is 14.4. The predicted molar refractivity (Wildman–Crippen MR) is 107 cm³/mol. The number of alkyl halides is 2. The zero-order valence-corrected chi connectivity index (χ0v) is 16.5. The first-order valence-electron chi connectivity index (χ1n) is 8.95. The van der Waals surface area contributed by atoms with Gasteiger partial charge in [-0.05, 0) is 42.0 Å². The Hall–Kier alpha value is -2.64. The first-order chi connectivity index (χ1) is 14.0. The van der Waals surface area contributed by atoms with Crippen LogP contribution < -0.4 is 14.4 Å². The molecule has 0 radical (unpaired) electrons. The van der Waals surface area contributed by atoms with Crippen LogP contribution in [0.25, 0.3) is 6.08 Å². The zero-order valence-electron chi connectivity index (χ0n) is 15.7. The van der Waals surface area contributed by atoms with Gasteiger partial charge in [0.1, 0.15) is 0 Å². The van der Waals surface area contributed by atoms with E-state index in [9.17, 15) is 13.6 Å². The highest BCUT2D eigenvalue weighted by molar-refractivity contribution is 6.35. The van der Waals surface area contributed by atoms with Crippen LogP contribution in [0, 0.1) is 0 Å². The van der Waals surface area contributed by atoms with Crippen LogP contribution in [-0.2, 0) is 4.74 Å². The van der Waals surface area contributed by atoms with E-state index in [1.807, 2.05) is 6.07 Å². The molecule has 3 rings (SSSR count). The number of allylic oxidation sites excluding steroid dienone is 1. The summed E-state index contributed by atoms with van der Waals surface area (Å²) in [6, 6.07) is 9.78. The highest BCUT2D eigenvalue weighted by atomic mass is 35.5. The van der Waals surface area contributed by atoms with Crippen molar-refractivity contribution in [3.8, 4) is 11.5 Å². The standard InChI is InChI=1S/C21H20ClF2NO4/c1-27-19-7-3-14(12-20(19)29-21(23)24)2-6-18(26)16-5-4-15(13-17(16)22)25-8-10-28-11-9-25/h2-7,12-13,21H,8-11H2,1H3. The van der Waals surface area contributed by atoms with Crippen LogP contribution in [0.15, 0.2) is 42.5 Å². The first kappa shape index (κ1) is 21.1. The first-order valence-corrected chi connectivity index (χ1v) is 9.33. The summed E-state index contributed by atoms with van der Waals surface area (Å²) >= 11 is 6.31. The highest BCUT2D eigenvalue weighted by Gasteiger charge is 2.15. The van der Waals surface area contributed by atoms with Crippen LogP contribution in [0.4, 0.5) is 14.5 Å². The molecule has 1 heterocycles. The summed E-state index contributed by atoms with van der Waals surface area (Å²) in [6.45, 7) is -0.137. The Morgan fingerprint density at radius 1 is 1.17 bits per heavy atom. The van der Waals surface area contributed by atoms with Crippen LogP contribution in [0.3, 0.4) is 0 Å². The molecule has 29 heavy (non-hydrogen) atoms. The molecule has 0 spiro atoms. The van der Waals surface area contributed by atoms with Gasteiger partial charge in [0.2, 0.25) is 0 Å². The van der Waals surface area contributed by atoms with E-state index < -0.39 is 6.61 Å². The molecule has 1 aliphatic rings. The number of methoxy groups -OCH3 is 1. The molecule has 1 saturated heterocycles. The van der Waals surface area contributed by atoms with Gasteiger partial charge in [-0.3, -0.25) is 4.79 Å². The van der Waals surface area contributed by atoms with Crippen molar-refractivity contribution in [1.82, 2.24) is 0 Å². The molecule has 0 aliphatic carbocycles. The summed E-state index contributed by atoms with van der Waals surface area (Å²) in [5, 5.41) is 0.347. The van der Waals surface area contributed by atoms with Gasteiger partial charge >= 0.3 is 6.61 Å². The zero-order chi connectivity index (χ0) is 20.8. The van der Waals surface area contributed by atoms with Gasteiger partial charge in [-0.1, -0.05) is 23.7 Å². The lowest BCUT2D eigenvalue weighted by Gasteiger charge is -2.29. The molecular weight excluding hydrogens is 404 g/mol. The lowest BCUT2D eigenvalue weighted by Crippen LogP contribution is -2.36. The Morgan fingerprint density at radius 2 is 1.93 bits per heavy atom. The molecule has 0 bridgehead atoms. The van der Waals surface area contributed by atoms with Crippen LogP contribution >= 0.6 is 11.6 Å². The Bertz CT molecular complexity index is 898. The smallest absolute Gasteiger partial charge is 0.387 e. The number of hydrogen-bond donors (Lipinski definition) is 0. The van der Waals surface area contributed by atoms with E-state index in [1.54, 1.807) is 18.2 Å².